The van der Waals surface area contributed by atoms with E-state index in [2.05, 4.69) is 15.3 Å². The molecule has 0 aliphatic carbocycles. The second kappa shape index (κ2) is 5.81. The van der Waals surface area contributed by atoms with Crippen LogP contribution in [0.2, 0.25) is 0 Å². The first-order chi connectivity index (χ1) is 9.18. The first-order valence-corrected chi connectivity index (χ1v) is 5.79. The highest BCUT2D eigenvalue weighted by Gasteiger charge is 2.11. The maximum absolute atomic E-state index is 10.9. The van der Waals surface area contributed by atoms with Gasteiger partial charge in [-0.3, -0.25) is 4.98 Å². The molecule has 2 heterocycles. The number of aromatic nitrogens is 2. The van der Waals surface area contributed by atoms with Crippen LogP contribution in [-0.2, 0) is 6.42 Å². The molecule has 0 atom stereocenters. The summed E-state index contributed by atoms with van der Waals surface area (Å²) >= 11 is 0. The highest BCUT2D eigenvalue weighted by Crippen LogP contribution is 2.19. The van der Waals surface area contributed by atoms with Crippen LogP contribution in [0.1, 0.15) is 15.9 Å². The van der Waals surface area contributed by atoms with Crippen molar-refractivity contribution in [3.8, 4) is 0 Å². The van der Waals surface area contributed by atoms with Gasteiger partial charge in [0.1, 0.15) is 5.82 Å². The number of nitrogen functional groups attached to an aromatic ring is 1. The van der Waals surface area contributed by atoms with Crippen molar-refractivity contribution in [2.45, 2.75) is 6.42 Å². The summed E-state index contributed by atoms with van der Waals surface area (Å²) in [5.41, 5.74) is 7.10. The number of anilines is 2. The van der Waals surface area contributed by atoms with Gasteiger partial charge in [0.2, 0.25) is 0 Å². The summed E-state index contributed by atoms with van der Waals surface area (Å²) < 4.78 is 0. The molecule has 2 aromatic rings. The van der Waals surface area contributed by atoms with Gasteiger partial charge in [0.15, 0.2) is 0 Å². The van der Waals surface area contributed by atoms with Crippen LogP contribution in [-0.4, -0.2) is 27.6 Å². The van der Waals surface area contributed by atoms with Crippen molar-refractivity contribution in [2.24, 2.45) is 0 Å². The Morgan fingerprint density at radius 1 is 1.26 bits per heavy atom. The maximum atomic E-state index is 10.9. The first-order valence-electron chi connectivity index (χ1n) is 5.79. The van der Waals surface area contributed by atoms with Gasteiger partial charge in [-0.25, -0.2) is 9.78 Å². The van der Waals surface area contributed by atoms with Crippen molar-refractivity contribution in [1.82, 2.24) is 9.97 Å². The third-order valence-electron chi connectivity index (χ3n) is 2.68. The molecular weight excluding hydrogens is 244 g/mol. The van der Waals surface area contributed by atoms with Crippen LogP contribution in [0.25, 0.3) is 0 Å². The maximum Gasteiger partial charge on any atom is 0.337 e. The Balaban J connectivity index is 2.00. The third kappa shape index (κ3) is 3.19. The molecule has 2 aromatic heterocycles. The minimum Gasteiger partial charge on any atom is -0.478 e. The van der Waals surface area contributed by atoms with Crippen LogP contribution >= 0.6 is 0 Å². The number of rotatable bonds is 5. The largest absolute Gasteiger partial charge is 0.478 e. The number of aromatic carboxylic acids is 1. The van der Waals surface area contributed by atoms with E-state index in [4.69, 9.17) is 10.8 Å². The molecular formula is C13H14N4O2. The van der Waals surface area contributed by atoms with Crippen molar-refractivity contribution < 1.29 is 9.90 Å². The zero-order valence-electron chi connectivity index (χ0n) is 10.2. The Labute approximate surface area is 110 Å². The number of pyridine rings is 2. The van der Waals surface area contributed by atoms with Gasteiger partial charge in [0.25, 0.3) is 0 Å². The third-order valence-corrected chi connectivity index (χ3v) is 2.68. The number of hydrogen-bond acceptors (Lipinski definition) is 5. The van der Waals surface area contributed by atoms with E-state index >= 15 is 0 Å². The van der Waals surface area contributed by atoms with Crippen molar-refractivity contribution in [3.05, 3.63) is 47.9 Å². The zero-order valence-corrected chi connectivity index (χ0v) is 10.2. The van der Waals surface area contributed by atoms with Gasteiger partial charge in [-0.2, -0.15) is 0 Å². The summed E-state index contributed by atoms with van der Waals surface area (Å²) in [6.45, 7) is 0.615. The smallest absolute Gasteiger partial charge is 0.337 e. The Morgan fingerprint density at radius 2 is 2.00 bits per heavy atom. The topological polar surface area (TPSA) is 101 Å². The van der Waals surface area contributed by atoms with Crippen molar-refractivity contribution in [2.75, 3.05) is 17.6 Å². The molecule has 19 heavy (non-hydrogen) atoms. The molecule has 0 amide bonds. The van der Waals surface area contributed by atoms with E-state index in [1.807, 2.05) is 12.1 Å². The molecule has 2 rings (SSSR count). The summed E-state index contributed by atoms with van der Waals surface area (Å²) in [5, 5.41) is 12.0. The van der Waals surface area contributed by atoms with E-state index in [1.165, 1.54) is 12.3 Å². The number of nitrogens with two attached hydrogens (primary N) is 1. The summed E-state index contributed by atoms with van der Waals surface area (Å²) in [6, 6.07) is 5.23. The lowest BCUT2D eigenvalue weighted by atomic mass is 10.2. The summed E-state index contributed by atoms with van der Waals surface area (Å²) in [5.74, 6) is -0.661. The second-order valence-corrected chi connectivity index (χ2v) is 3.96. The quantitative estimate of drug-likeness (QED) is 0.749. The number of carbonyl (C=O) groups is 1. The monoisotopic (exact) mass is 258 g/mol. The molecule has 0 aliphatic heterocycles. The fourth-order valence-corrected chi connectivity index (χ4v) is 1.68. The predicted octanol–water partition coefficient (Wildman–Crippen LogP) is 1.41. The summed E-state index contributed by atoms with van der Waals surface area (Å²) in [4.78, 5) is 18.9. The lowest BCUT2D eigenvalue weighted by Crippen LogP contribution is -2.11. The zero-order chi connectivity index (χ0) is 13.7. The van der Waals surface area contributed by atoms with Crippen LogP contribution in [0.3, 0.4) is 0 Å². The molecule has 0 saturated carbocycles. The molecule has 0 aromatic carbocycles. The molecule has 0 aliphatic rings. The highest BCUT2D eigenvalue weighted by molar-refractivity contribution is 5.96. The minimum atomic E-state index is -1.06. The van der Waals surface area contributed by atoms with Crippen LogP contribution in [0.4, 0.5) is 11.5 Å². The fraction of sp³-hybridized carbons (Fsp3) is 0.154. The Bertz CT molecular complexity index is 572. The molecule has 0 fully saturated rings. The Morgan fingerprint density at radius 3 is 2.68 bits per heavy atom. The lowest BCUT2D eigenvalue weighted by Gasteiger charge is -2.09. The standard InChI is InChI=1S/C13H14N4O2/c14-11-10(13(18)19)4-8-17-12(11)16-7-3-9-1-5-15-6-2-9/h1-2,4-6,8H,3,7,14H2,(H,16,17)(H,18,19). The van der Waals surface area contributed by atoms with Gasteiger partial charge in [0, 0.05) is 25.1 Å². The van der Waals surface area contributed by atoms with Gasteiger partial charge in [-0.05, 0) is 30.2 Å². The molecule has 6 heteroatoms. The van der Waals surface area contributed by atoms with E-state index in [0.29, 0.717) is 12.4 Å². The van der Waals surface area contributed by atoms with Crippen LogP contribution in [0, 0.1) is 0 Å². The fourth-order valence-electron chi connectivity index (χ4n) is 1.68. The first kappa shape index (κ1) is 12.8. The van der Waals surface area contributed by atoms with E-state index in [0.717, 1.165) is 12.0 Å². The van der Waals surface area contributed by atoms with Gasteiger partial charge >= 0.3 is 5.97 Å². The van der Waals surface area contributed by atoms with Gasteiger partial charge in [-0.15, -0.1) is 0 Å². The Kier molecular flexibility index (Phi) is 3.92. The summed E-state index contributed by atoms with van der Waals surface area (Å²) in [7, 11) is 0. The molecule has 98 valence electrons. The number of carboxylic acid groups (broad SMARTS) is 1. The number of carboxylic acids is 1. The normalized spacial score (nSPS) is 10.1. The average Bonchev–Trinajstić information content (AvgIpc) is 2.41. The lowest BCUT2D eigenvalue weighted by molar-refractivity contribution is 0.0698. The molecule has 6 nitrogen and oxygen atoms in total. The Hall–Kier alpha value is -2.63. The average molecular weight is 258 g/mol. The number of nitrogens with one attached hydrogen (secondary N) is 1. The second-order valence-electron chi connectivity index (χ2n) is 3.96. The van der Waals surface area contributed by atoms with Gasteiger partial charge < -0.3 is 16.2 Å². The molecule has 0 saturated heterocycles. The van der Waals surface area contributed by atoms with Crippen molar-refractivity contribution in [3.63, 3.8) is 0 Å². The van der Waals surface area contributed by atoms with Gasteiger partial charge in [-0.1, -0.05) is 0 Å². The number of nitrogens with zero attached hydrogens (tertiary/aromatic N) is 2. The minimum absolute atomic E-state index is 0.0569. The highest BCUT2D eigenvalue weighted by atomic mass is 16.4. The van der Waals surface area contributed by atoms with E-state index in [-0.39, 0.29) is 11.3 Å². The van der Waals surface area contributed by atoms with Crippen LogP contribution in [0.5, 0.6) is 0 Å². The predicted molar refractivity (Wildman–Crippen MR) is 72.0 cm³/mol. The SMILES string of the molecule is Nc1c(C(=O)O)ccnc1NCCc1ccncc1. The molecule has 0 radical (unpaired) electrons. The van der Waals surface area contributed by atoms with E-state index in [9.17, 15) is 4.79 Å². The van der Waals surface area contributed by atoms with Crippen molar-refractivity contribution >= 4 is 17.5 Å². The van der Waals surface area contributed by atoms with E-state index in [1.54, 1.807) is 12.4 Å². The summed E-state index contributed by atoms with van der Waals surface area (Å²) in [6.07, 6.45) is 5.66. The number of hydrogen-bond donors (Lipinski definition) is 3. The molecule has 0 spiro atoms. The van der Waals surface area contributed by atoms with E-state index < -0.39 is 5.97 Å². The molecule has 0 unspecified atom stereocenters. The van der Waals surface area contributed by atoms with Gasteiger partial charge in [0.05, 0.1) is 11.3 Å². The van der Waals surface area contributed by atoms with Crippen LogP contribution in [0.15, 0.2) is 36.8 Å². The van der Waals surface area contributed by atoms with Crippen LogP contribution < -0.4 is 11.1 Å². The molecule has 4 N–H and O–H groups in total. The van der Waals surface area contributed by atoms with Crippen molar-refractivity contribution in [1.29, 1.82) is 0 Å². The molecule has 0 bridgehead atoms.